The highest BCUT2D eigenvalue weighted by molar-refractivity contribution is 5.69. The van der Waals surface area contributed by atoms with Crippen molar-refractivity contribution < 1.29 is 14.3 Å². The van der Waals surface area contributed by atoms with Crippen molar-refractivity contribution in [1.29, 1.82) is 0 Å². The first-order chi connectivity index (χ1) is 6.97. The molecule has 4 heteroatoms. The van der Waals surface area contributed by atoms with E-state index in [9.17, 15) is 4.79 Å². The summed E-state index contributed by atoms with van der Waals surface area (Å²) in [5.74, 6) is -0.130. The van der Waals surface area contributed by atoms with E-state index >= 15 is 0 Å². The van der Waals surface area contributed by atoms with Gasteiger partial charge in [-0.3, -0.25) is 4.79 Å². The summed E-state index contributed by atoms with van der Waals surface area (Å²) in [6, 6.07) is 0.297. The highest BCUT2D eigenvalue weighted by Crippen LogP contribution is 2.10. The molecule has 0 radical (unpaired) electrons. The standard InChI is InChI=1S/C11H21NO3/c1-11(2,3)15-10(13)5-4-9-8-14-7-6-12-9/h9,12H,4-8H2,1-3H3/t9-/m0/s1. The zero-order valence-corrected chi connectivity index (χ0v) is 9.84. The first-order valence-corrected chi connectivity index (χ1v) is 5.50. The molecule has 1 fully saturated rings. The summed E-state index contributed by atoms with van der Waals surface area (Å²) in [5.41, 5.74) is -0.381. The Morgan fingerprint density at radius 3 is 2.80 bits per heavy atom. The lowest BCUT2D eigenvalue weighted by atomic mass is 10.1. The molecule has 0 saturated carbocycles. The molecule has 0 aromatic carbocycles. The van der Waals surface area contributed by atoms with Crippen molar-refractivity contribution in [1.82, 2.24) is 5.32 Å². The molecule has 1 N–H and O–H groups in total. The molecule has 0 aliphatic carbocycles. The Morgan fingerprint density at radius 2 is 2.27 bits per heavy atom. The van der Waals surface area contributed by atoms with E-state index in [0.29, 0.717) is 19.1 Å². The van der Waals surface area contributed by atoms with Crippen molar-refractivity contribution in [2.75, 3.05) is 19.8 Å². The van der Waals surface area contributed by atoms with Crippen molar-refractivity contribution >= 4 is 5.97 Å². The maximum atomic E-state index is 11.4. The molecule has 1 rings (SSSR count). The fourth-order valence-corrected chi connectivity index (χ4v) is 1.49. The second-order valence-corrected chi connectivity index (χ2v) is 4.85. The molecule has 1 saturated heterocycles. The van der Waals surface area contributed by atoms with Gasteiger partial charge in [-0.15, -0.1) is 0 Å². The van der Waals surface area contributed by atoms with Crippen molar-refractivity contribution in [3.05, 3.63) is 0 Å². The average molecular weight is 215 g/mol. The minimum Gasteiger partial charge on any atom is -0.460 e. The third-order valence-corrected chi connectivity index (χ3v) is 2.12. The highest BCUT2D eigenvalue weighted by Gasteiger charge is 2.19. The monoisotopic (exact) mass is 215 g/mol. The summed E-state index contributed by atoms with van der Waals surface area (Å²) in [6.07, 6.45) is 1.24. The number of carbonyl (C=O) groups excluding carboxylic acids is 1. The molecule has 88 valence electrons. The first-order valence-electron chi connectivity index (χ1n) is 5.50. The molecule has 0 aromatic rings. The van der Waals surface area contributed by atoms with E-state index in [1.165, 1.54) is 0 Å². The van der Waals surface area contributed by atoms with E-state index < -0.39 is 0 Å². The highest BCUT2D eigenvalue weighted by atomic mass is 16.6. The number of carbonyl (C=O) groups is 1. The molecule has 4 nitrogen and oxygen atoms in total. The molecule has 0 spiro atoms. The number of hydrogen-bond acceptors (Lipinski definition) is 4. The predicted octanol–water partition coefficient (Wildman–Crippen LogP) is 1.10. The van der Waals surface area contributed by atoms with E-state index in [1.54, 1.807) is 0 Å². The molecular weight excluding hydrogens is 194 g/mol. The Hall–Kier alpha value is -0.610. The van der Waals surface area contributed by atoms with Gasteiger partial charge in [0.05, 0.1) is 13.2 Å². The molecule has 1 heterocycles. The molecular formula is C11H21NO3. The van der Waals surface area contributed by atoms with Crippen LogP contribution in [0.15, 0.2) is 0 Å². The van der Waals surface area contributed by atoms with Crippen molar-refractivity contribution in [2.45, 2.75) is 45.3 Å². The van der Waals surface area contributed by atoms with Crippen LogP contribution in [-0.2, 0) is 14.3 Å². The smallest absolute Gasteiger partial charge is 0.306 e. The van der Waals surface area contributed by atoms with Gasteiger partial charge in [0.2, 0.25) is 0 Å². The third-order valence-electron chi connectivity index (χ3n) is 2.12. The van der Waals surface area contributed by atoms with Gasteiger partial charge < -0.3 is 14.8 Å². The van der Waals surface area contributed by atoms with Gasteiger partial charge in [-0.2, -0.15) is 0 Å². The van der Waals surface area contributed by atoms with Gasteiger partial charge in [-0.25, -0.2) is 0 Å². The zero-order chi connectivity index (χ0) is 11.3. The number of ether oxygens (including phenoxy) is 2. The minimum absolute atomic E-state index is 0.130. The van der Waals surface area contributed by atoms with E-state index in [2.05, 4.69) is 5.32 Å². The summed E-state index contributed by atoms with van der Waals surface area (Å²) in [5, 5.41) is 3.30. The van der Waals surface area contributed by atoms with Crippen LogP contribution < -0.4 is 5.32 Å². The van der Waals surface area contributed by atoms with Gasteiger partial charge in [0.1, 0.15) is 5.60 Å². The lowest BCUT2D eigenvalue weighted by molar-refractivity contribution is -0.155. The van der Waals surface area contributed by atoms with Crippen LogP contribution in [0.25, 0.3) is 0 Å². The van der Waals surface area contributed by atoms with Crippen LogP contribution in [-0.4, -0.2) is 37.4 Å². The maximum absolute atomic E-state index is 11.4. The van der Waals surface area contributed by atoms with Crippen LogP contribution in [0.2, 0.25) is 0 Å². The molecule has 0 aromatic heterocycles. The summed E-state index contributed by atoms with van der Waals surface area (Å²) >= 11 is 0. The Bertz CT molecular complexity index is 204. The zero-order valence-electron chi connectivity index (χ0n) is 9.84. The van der Waals surface area contributed by atoms with Crippen molar-refractivity contribution in [3.8, 4) is 0 Å². The number of hydrogen-bond donors (Lipinski definition) is 1. The molecule has 1 atom stereocenters. The number of nitrogens with one attached hydrogen (secondary N) is 1. The Balaban J connectivity index is 2.15. The molecule has 0 unspecified atom stereocenters. The SMILES string of the molecule is CC(C)(C)OC(=O)CC[C@H]1COCCN1. The lowest BCUT2D eigenvalue weighted by Gasteiger charge is -2.24. The van der Waals surface area contributed by atoms with Gasteiger partial charge >= 0.3 is 5.97 Å². The van der Waals surface area contributed by atoms with Crippen molar-refractivity contribution in [2.24, 2.45) is 0 Å². The third kappa shape index (κ3) is 5.74. The van der Waals surface area contributed by atoms with Crippen LogP contribution in [0.5, 0.6) is 0 Å². The largest absolute Gasteiger partial charge is 0.460 e. The van der Waals surface area contributed by atoms with E-state index in [4.69, 9.17) is 9.47 Å². The van der Waals surface area contributed by atoms with E-state index in [0.717, 1.165) is 19.6 Å². The quantitative estimate of drug-likeness (QED) is 0.716. The Kier molecular flexibility index (Phi) is 4.54. The summed E-state index contributed by atoms with van der Waals surface area (Å²) in [6.45, 7) is 7.98. The van der Waals surface area contributed by atoms with Crippen LogP contribution >= 0.6 is 0 Å². The fourth-order valence-electron chi connectivity index (χ4n) is 1.49. The second-order valence-electron chi connectivity index (χ2n) is 4.85. The molecule has 0 bridgehead atoms. The van der Waals surface area contributed by atoms with Crippen molar-refractivity contribution in [3.63, 3.8) is 0 Å². The van der Waals surface area contributed by atoms with E-state index in [1.807, 2.05) is 20.8 Å². The average Bonchev–Trinajstić information content (AvgIpc) is 2.14. The number of esters is 1. The topological polar surface area (TPSA) is 47.6 Å². The van der Waals surface area contributed by atoms with Crippen LogP contribution in [0.1, 0.15) is 33.6 Å². The van der Waals surface area contributed by atoms with Gasteiger partial charge in [0, 0.05) is 19.0 Å². The van der Waals surface area contributed by atoms with Gasteiger partial charge in [-0.1, -0.05) is 0 Å². The molecule has 1 aliphatic heterocycles. The summed E-state index contributed by atoms with van der Waals surface area (Å²) in [7, 11) is 0. The van der Waals surface area contributed by atoms with Gasteiger partial charge in [-0.05, 0) is 27.2 Å². The predicted molar refractivity (Wildman–Crippen MR) is 57.7 cm³/mol. The summed E-state index contributed by atoms with van der Waals surface area (Å²) in [4.78, 5) is 11.4. The minimum atomic E-state index is -0.381. The van der Waals surface area contributed by atoms with Crippen LogP contribution in [0.3, 0.4) is 0 Å². The molecule has 0 amide bonds. The Labute approximate surface area is 91.3 Å². The fraction of sp³-hybridized carbons (Fsp3) is 0.909. The van der Waals surface area contributed by atoms with Gasteiger partial charge in [0.25, 0.3) is 0 Å². The summed E-state index contributed by atoms with van der Waals surface area (Å²) < 4.78 is 10.5. The molecule has 1 aliphatic rings. The maximum Gasteiger partial charge on any atom is 0.306 e. The normalized spacial score (nSPS) is 22.5. The van der Waals surface area contributed by atoms with Crippen LogP contribution in [0.4, 0.5) is 0 Å². The Morgan fingerprint density at radius 1 is 1.53 bits per heavy atom. The van der Waals surface area contributed by atoms with Crippen LogP contribution in [0, 0.1) is 0 Å². The first kappa shape index (κ1) is 12.5. The van der Waals surface area contributed by atoms with E-state index in [-0.39, 0.29) is 11.6 Å². The second kappa shape index (κ2) is 5.47. The lowest BCUT2D eigenvalue weighted by Crippen LogP contribution is -2.41. The molecule has 15 heavy (non-hydrogen) atoms. The van der Waals surface area contributed by atoms with Gasteiger partial charge in [0.15, 0.2) is 0 Å². The number of morpholine rings is 1. The number of rotatable bonds is 3.